The quantitative estimate of drug-likeness (QED) is 0.818. The van der Waals surface area contributed by atoms with Crippen LogP contribution < -0.4 is 19.1 Å². The monoisotopic (exact) mass is 361 g/mol. The maximum absolute atomic E-state index is 12.1. The molecule has 0 unspecified atom stereocenters. The van der Waals surface area contributed by atoms with Crippen LogP contribution in [0.25, 0.3) is 11.3 Å². The maximum atomic E-state index is 12.1. The number of benzene rings is 1. The fraction of sp³-hybridized carbons (Fsp3) is 0.333. The van der Waals surface area contributed by atoms with E-state index in [0.29, 0.717) is 36.4 Å². The summed E-state index contributed by atoms with van der Waals surface area (Å²) in [6, 6.07) is 4.94. The molecule has 1 fully saturated rings. The molecular formula is C18H19NO7. The number of hydrogen-bond donors (Lipinski definition) is 1. The van der Waals surface area contributed by atoms with Crippen LogP contribution in [0.3, 0.4) is 0 Å². The van der Waals surface area contributed by atoms with Gasteiger partial charge in [0.1, 0.15) is 11.5 Å². The van der Waals surface area contributed by atoms with Crippen LogP contribution in [0.4, 0.5) is 5.88 Å². The lowest BCUT2D eigenvalue weighted by molar-refractivity contribution is -0.132. The smallest absolute Gasteiger partial charge is 0.308 e. The van der Waals surface area contributed by atoms with Crippen LogP contribution in [0.15, 0.2) is 22.6 Å². The number of furan rings is 1. The summed E-state index contributed by atoms with van der Waals surface area (Å²) in [5, 5.41) is 10.6. The van der Waals surface area contributed by atoms with Gasteiger partial charge in [-0.05, 0) is 18.6 Å². The number of methoxy groups -OCH3 is 2. The molecule has 8 heteroatoms. The van der Waals surface area contributed by atoms with Crippen molar-refractivity contribution in [2.24, 2.45) is 0 Å². The second-order valence-corrected chi connectivity index (χ2v) is 5.72. The van der Waals surface area contributed by atoms with E-state index in [1.165, 1.54) is 26.0 Å². The van der Waals surface area contributed by atoms with Gasteiger partial charge in [-0.15, -0.1) is 0 Å². The molecule has 138 valence electrons. The zero-order valence-electron chi connectivity index (χ0n) is 14.7. The number of hydrogen-bond acceptors (Lipinski definition) is 7. The minimum Gasteiger partial charge on any atom is -0.502 e. The predicted molar refractivity (Wildman–Crippen MR) is 91.8 cm³/mol. The topological polar surface area (TPSA) is 98.4 Å². The molecule has 1 saturated heterocycles. The molecule has 0 saturated carbocycles. The van der Waals surface area contributed by atoms with Gasteiger partial charge in [0.05, 0.1) is 19.8 Å². The Morgan fingerprint density at radius 1 is 1.27 bits per heavy atom. The summed E-state index contributed by atoms with van der Waals surface area (Å²) in [7, 11) is 2.99. The summed E-state index contributed by atoms with van der Waals surface area (Å²) in [6.45, 7) is 1.62. The molecule has 26 heavy (non-hydrogen) atoms. The fourth-order valence-electron chi connectivity index (χ4n) is 2.84. The van der Waals surface area contributed by atoms with Gasteiger partial charge >= 0.3 is 5.97 Å². The predicted octanol–water partition coefficient (Wildman–Crippen LogP) is 2.72. The second-order valence-electron chi connectivity index (χ2n) is 5.72. The minimum absolute atomic E-state index is 0.00747. The van der Waals surface area contributed by atoms with E-state index in [2.05, 4.69) is 0 Å². The molecule has 1 aliphatic rings. The molecule has 2 aromatic rings. The van der Waals surface area contributed by atoms with Crippen LogP contribution in [0.5, 0.6) is 23.0 Å². The van der Waals surface area contributed by atoms with E-state index in [1.54, 1.807) is 18.2 Å². The number of anilines is 1. The van der Waals surface area contributed by atoms with Gasteiger partial charge in [-0.25, -0.2) is 0 Å². The average Bonchev–Trinajstić information content (AvgIpc) is 3.18. The third-order valence-electron chi connectivity index (χ3n) is 4.04. The van der Waals surface area contributed by atoms with E-state index in [9.17, 15) is 14.7 Å². The zero-order chi connectivity index (χ0) is 18.8. The first-order valence-electron chi connectivity index (χ1n) is 8.03. The minimum atomic E-state index is -0.637. The van der Waals surface area contributed by atoms with Crippen molar-refractivity contribution in [2.45, 2.75) is 19.8 Å². The standard InChI is InChI=1S/C18H19NO7/c1-10(20)25-17-15(22)16(26-18(17)19-8-4-5-14(19)21)12-7-6-11(23-2)9-13(12)24-3/h6-7,9,22H,4-5,8H2,1-3H3. The Kier molecular flexibility index (Phi) is 4.75. The lowest BCUT2D eigenvalue weighted by Gasteiger charge is -2.13. The Morgan fingerprint density at radius 2 is 2.04 bits per heavy atom. The number of nitrogens with zero attached hydrogens (tertiary/aromatic N) is 1. The van der Waals surface area contributed by atoms with Crippen molar-refractivity contribution < 1.29 is 33.3 Å². The van der Waals surface area contributed by atoms with Crippen LogP contribution in [-0.2, 0) is 9.59 Å². The van der Waals surface area contributed by atoms with Crippen LogP contribution >= 0.6 is 0 Å². The molecule has 1 aromatic carbocycles. The molecule has 3 rings (SSSR count). The Labute approximate surface area is 149 Å². The third-order valence-corrected chi connectivity index (χ3v) is 4.04. The average molecular weight is 361 g/mol. The number of amides is 1. The Bertz CT molecular complexity index is 855. The number of esters is 1. The summed E-state index contributed by atoms with van der Waals surface area (Å²) in [5.41, 5.74) is 0.428. The van der Waals surface area contributed by atoms with Gasteiger partial charge in [0.15, 0.2) is 5.76 Å². The van der Waals surface area contributed by atoms with E-state index >= 15 is 0 Å². The number of carbonyl (C=O) groups excluding carboxylic acids is 2. The second kappa shape index (κ2) is 6.99. The maximum Gasteiger partial charge on any atom is 0.308 e. The van der Waals surface area contributed by atoms with E-state index in [1.807, 2.05) is 0 Å². The van der Waals surface area contributed by atoms with Crippen molar-refractivity contribution in [3.05, 3.63) is 18.2 Å². The third kappa shape index (κ3) is 3.05. The fourth-order valence-corrected chi connectivity index (χ4v) is 2.84. The van der Waals surface area contributed by atoms with E-state index in [-0.39, 0.29) is 29.1 Å². The van der Waals surface area contributed by atoms with Crippen LogP contribution in [0.2, 0.25) is 0 Å². The first-order valence-corrected chi connectivity index (χ1v) is 8.03. The van der Waals surface area contributed by atoms with Crippen LogP contribution in [-0.4, -0.2) is 37.7 Å². The summed E-state index contributed by atoms with van der Waals surface area (Å²) >= 11 is 0. The molecule has 1 aliphatic heterocycles. The van der Waals surface area contributed by atoms with Gasteiger partial charge in [-0.2, -0.15) is 0 Å². The van der Waals surface area contributed by atoms with Crippen LogP contribution in [0, 0.1) is 0 Å². The number of rotatable bonds is 5. The molecular weight excluding hydrogens is 342 g/mol. The summed E-state index contributed by atoms with van der Waals surface area (Å²) < 4.78 is 21.4. The van der Waals surface area contributed by atoms with Crippen molar-refractivity contribution >= 4 is 17.8 Å². The molecule has 1 amide bonds. The van der Waals surface area contributed by atoms with Gasteiger partial charge in [0.25, 0.3) is 5.88 Å². The molecule has 0 aliphatic carbocycles. The van der Waals surface area contributed by atoms with Gasteiger partial charge in [0.2, 0.25) is 17.4 Å². The largest absolute Gasteiger partial charge is 0.502 e. The van der Waals surface area contributed by atoms with Gasteiger partial charge in [0, 0.05) is 26.0 Å². The van der Waals surface area contributed by atoms with Crippen LogP contribution in [0.1, 0.15) is 19.8 Å². The zero-order valence-corrected chi connectivity index (χ0v) is 14.7. The van der Waals surface area contributed by atoms with Crippen molar-refractivity contribution in [2.75, 3.05) is 25.7 Å². The first-order chi connectivity index (χ1) is 12.5. The van der Waals surface area contributed by atoms with Crippen molar-refractivity contribution in [3.8, 4) is 34.3 Å². The van der Waals surface area contributed by atoms with E-state index < -0.39 is 5.97 Å². The number of ether oxygens (including phenoxy) is 3. The van der Waals surface area contributed by atoms with Gasteiger partial charge < -0.3 is 23.7 Å². The molecule has 1 N–H and O–H groups in total. The molecule has 0 atom stereocenters. The Morgan fingerprint density at radius 3 is 2.62 bits per heavy atom. The van der Waals surface area contributed by atoms with E-state index in [4.69, 9.17) is 18.6 Å². The molecule has 0 spiro atoms. The SMILES string of the molecule is COc1ccc(-c2oc(N3CCCC3=O)c(OC(C)=O)c2O)c(OC)c1. The lowest BCUT2D eigenvalue weighted by atomic mass is 10.1. The van der Waals surface area contributed by atoms with Gasteiger partial charge in [-0.1, -0.05) is 0 Å². The van der Waals surface area contributed by atoms with E-state index in [0.717, 1.165) is 0 Å². The summed E-state index contributed by atoms with van der Waals surface area (Å²) in [4.78, 5) is 24.9. The molecule has 0 radical (unpaired) electrons. The van der Waals surface area contributed by atoms with Crippen molar-refractivity contribution in [1.29, 1.82) is 0 Å². The molecule has 1 aromatic heterocycles. The highest BCUT2D eigenvalue weighted by Crippen LogP contribution is 2.50. The number of carbonyl (C=O) groups is 2. The molecule has 8 nitrogen and oxygen atoms in total. The summed E-state index contributed by atoms with van der Waals surface area (Å²) in [6.07, 6.45) is 1.02. The highest BCUT2D eigenvalue weighted by molar-refractivity contribution is 5.97. The summed E-state index contributed by atoms with van der Waals surface area (Å²) in [5.74, 6) is -0.362. The van der Waals surface area contributed by atoms with Crippen molar-refractivity contribution in [1.82, 2.24) is 0 Å². The van der Waals surface area contributed by atoms with Crippen molar-refractivity contribution in [3.63, 3.8) is 0 Å². The Hall–Kier alpha value is -3.16. The first kappa shape index (κ1) is 17.7. The normalized spacial score (nSPS) is 13.8. The Balaban J connectivity index is 2.15. The number of aromatic hydroxyl groups is 1. The van der Waals surface area contributed by atoms with Gasteiger partial charge in [-0.3, -0.25) is 14.5 Å². The highest BCUT2D eigenvalue weighted by atomic mass is 16.6. The lowest BCUT2D eigenvalue weighted by Crippen LogP contribution is -2.24. The highest BCUT2D eigenvalue weighted by Gasteiger charge is 2.34. The molecule has 2 heterocycles. The molecule has 0 bridgehead atoms.